The lowest BCUT2D eigenvalue weighted by molar-refractivity contribution is -0.123. The number of amides is 2. The fraction of sp³-hybridized carbons (Fsp3) is 0.417. The van der Waals surface area contributed by atoms with Crippen LogP contribution in [0, 0.1) is 19.8 Å². The number of anilines is 2. The molecule has 0 bridgehead atoms. The number of sulfonamides is 1. The lowest BCUT2D eigenvalue weighted by Crippen LogP contribution is -2.41. The average Bonchev–Trinajstić information content (AvgIpc) is 2.80. The van der Waals surface area contributed by atoms with Crippen molar-refractivity contribution in [3.8, 4) is 5.75 Å². The second-order valence-corrected chi connectivity index (χ2v) is 10.6. The highest BCUT2D eigenvalue weighted by atomic mass is 32.2. The maximum atomic E-state index is 13.2. The highest BCUT2D eigenvalue weighted by Gasteiger charge is 2.34. The fourth-order valence-corrected chi connectivity index (χ4v) is 5.63. The van der Waals surface area contributed by atoms with E-state index < -0.39 is 16.1 Å². The Bertz CT molecular complexity index is 1190. The van der Waals surface area contributed by atoms with Gasteiger partial charge in [-0.1, -0.05) is 13.0 Å². The summed E-state index contributed by atoms with van der Waals surface area (Å²) >= 11 is 0. The van der Waals surface area contributed by atoms with E-state index in [9.17, 15) is 18.0 Å². The molecular weight excluding hydrogens is 442 g/mol. The molecule has 9 heteroatoms. The van der Waals surface area contributed by atoms with E-state index >= 15 is 0 Å². The Morgan fingerprint density at radius 2 is 1.85 bits per heavy atom. The number of ether oxygens (including phenoxy) is 1. The maximum Gasteiger partial charge on any atom is 0.265 e. The van der Waals surface area contributed by atoms with E-state index in [1.165, 1.54) is 16.4 Å². The minimum absolute atomic E-state index is 0.0885. The van der Waals surface area contributed by atoms with Crippen LogP contribution in [-0.4, -0.2) is 43.7 Å². The normalized spacial score (nSPS) is 19.4. The summed E-state index contributed by atoms with van der Waals surface area (Å²) in [5, 5.41) is 5.68. The van der Waals surface area contributed by atoms with Gasteiger partial charge >= 0.3 is 0 Å². The number of hydrogen-bond acceptors (Lipinski definition) is 5. The monoisotopic (exact) mass is 471 g/mol. The van der Waals surface area contributed by atoms with Crippen LogP contribution in [0.15, 0.2) is 41.3 Å². The molecule has 2 heterocycles. The van der Waals surface area contributed by atoms with Crippen molar-refractivity contribution >= 4 is 33.2 Å². The van der Waals surface area contributed by atoms with Crippen LogP contribution in [0.2, 0.25) is 0 Å². The van der Waals surface area contributed by atoms with Gasteiger partial charge < -0.3 is 15.4 Å². The lowest BCUT2D eigenvalue weighted by Gasteiger charge is -2.31. The van der Waals surface area contributed by atoms with Gasteiger partial charge in [0, 0.05) is 24.7 Å². The summed E-state index contributed by atoms with van der Waals surface area (Å²) in [5.41, 5.74) is 3.37. The van der Waals surface area contributed by atoms with Gasteiger partial charge in [0.1, 0.15) is 5.75 Å². The molecule has 33 heavy (non-hydrogen) atoms. The third-order valence-electron chi connectivity index (χ3n) is 6.38. The highest BCUT2D eigenvalue weighted by molar-refractivity contribution is 7.89. The minimum atomic E-state index is -3.76. The number of aryl methyl sites for hydroxylation is 2. The summed E-state index contributed by atoms with van der Waals surface area (Å²) in [6, 6.07) is 10.3. The van der Waals surface area contributed by atoms with Crippen molar-refractivity contribution in [3.63, 3.8) is 0 Å². The Kier molecular flexibility index (Phi) is 6.45. The molecule has 4 rings (SSSR count). The fourth-order valence-electron chi connectivity index (χ4n) is 4.13. The van der Waals surface area contributed by atoms with Gasteiger partial charge in [0.15, 0.2) is 6.10 Å². The number of piperidine rings is 1. The molecule has 2 aromatic rings. The standard InChI is InChI=1S/C24H29N3O5S/c1-4-21-24(29)26-20-14-19(7-8-22(20)32-21)33(30,31)27-11-9-17(10-12-27)23(28)25-18-6-5-15(2)16(3)13-18/h5-8,13-14,17,21H,4,9-12H2,1-3H3,(H,25,28)(H,26,29)/t21-/m1/s1. The third kappa shape index (κ3) is 4.74. The number of fused-ring (bicyclic) bond motifs is 1. The first-order valence-corrected chi connectivity index (χ1v) is 12.6. The predicted octanol–water partition coefficient (Wildman–Crippen LogP) is 3.45. The number of benzene rings is 2. The zero-order chi connectivity index (χ0) is 23.8. The first-order valence-electron chi connectivity index (χ1n) is 11.2. The summed E-state index contributed by atoms with van der Waals surface area (Å²) in [6.07, 6.45) is 0.837. The van der Waals surface area contributed by atoms with Crippen molar-refractivity contribution in [2.24, 2.45) is 5.92 Å². The number of nitrogens with one attached hydrogen (secondary N) is 2. The zero-order valence-corrected chi connectivity index (χ0v) is 19.9. The third-order valence-corrected chi connectivity index (χ3v) is 8.27. The molecule has 2 aromatic carbocycles. The Hall–Kier alpha value is -2.91. The molecule has 176 valence electrons. The van der Waals surface area contributed by atoms with Crippen LogP contribution < -0.4 is 15.4 Å². The maximum absolute atomic E-state index is 13.2. The van der Waals surface area contributed by atoms with Crippen molar-refractivity contribution in [2.45, 2.75) is 51.0 Å². The SMILES string of the molecule is CC[C@H]1Oc2ccc(S(=O)(=O)N3CCC(C(=O)Nc4ccc(C)c(C)c4)CC3)cc2NC1=O. The van der Waals surface area contributed by atoms with Crippen LogP contribution in [-0.2, 0) is 19.6 Å². The van der Waals surface area contributed by atoms with Crippen molar-refractivity contribution in [1.29, 1.82) is 0 Å². The average molecular weight is 472 g/mol. The molecule has 0 aromatic heterocycles. The minimum Gasteiger partial charge on any atom is -0.478 e. The lowest BCUT2D eigenvalue weighted by atomic mass is 9.97. The van der Waals surface area contributed by atoms with Gasteiger partial charge in [0.25, 0.3) is 5.91 Å². The molecule has 1 saturated heterocycles. The van der Waals surface area contributed by atoms with Crippen LogP contribution in [0.3, 0.4) is 0 Å². The summed E-state index contributed by atoms with van der Waals surface area (Å²) < 4.78 is 33.4. The highest BCUT2D eigenvalue weighted by Crippen LogP contribution is 2.34. The smallest absolute Gasteiger partial charge is 0.265 e. The number of carbonyl (C=O) groups is 2. The topological polar surface area (TPSA) is 105 Å². The molecule has 1 fully saturated rings. The van der Waals surface area contributed by atoms with E-state index in [-0.39, 0.29) is 35.7 Å². The van der Waals surface area contributed by atoms with Crippen molar-refractivity contribution in [1.82, 2.24) is 4.31 Å². The van der Waals surface area contributed by atoms with Crippen molar-refractivity contribution in [3.05, 3.63) is 47.5 Å². The van der Waals surface area contributed by atoms with E-state index in [2.05, 4.69) is 10.6 Å². The zero-order valence-electron chi connectivity index (χ0n) is 19.1. The van der Waals surface area contributed by atoms with Gasteiger partial charge in [0.2, 0.25) is 15.9 Å². The van der Waals surface area contributed by atoms with Gasteiger partial charge in [0.05, 0.1) is 10.6 Å². The Morgan fingerprint density at radius 1 is 1.12 bits per heavy atom. The Morgan fingerprint density at radius 3 is 2.52 bits per heavy atom. The predicted molar refractivity (Wildman–Crippen MR) is 126 cm³/mol. The first-order chi connectivity index (χ1) is 15.7. The quantitative estimate of drug-likeness (QED) is 0.695. The van der Waals surface area contributed by atoms with Gasteiger partial charge in [-0.05, 0) is 74.6 Å². The number of hydrogen-bond donors (Lipinski definition) is 2. The summed E-state index contributed by atoms with van der Waals surface area (Å²) in [6.45, 7) is 6.37. The van der Waals surface area contributed by atoms with Gasteiger partial charge in [-0.15, -0.1) is 0 Å². The molecule has 2 aliphatic rings. The molecule has 2 aliphatic heterocycles. The number of carbonyl (C=O) groups excluding carboxylic acids is 2. The largest absolute Gasteiger partial charge is 0.478 e. The molecule has 2 N–H and O–H groups in total. The molecule has 1 atom stereocenters. The molecule has 0 unspecified atom stereocenters. The number of rotatable bonds is 5. The van der Waals surface area contributed by atoms with Crippen LogP contribution in [0.25, 0.3) is 0 Å². The molecule has 0 spiro atoms. The van der Waals surface area contributed by atoms with E-state index in [1.54, 1.807) is 6.07 Å². The summed E-state index contributed by atoms with van der Waals surface area (Å²) in [5.74, 6) is -0.160. The van der Waals surface area contributed by atoms with Gasteiger partial charge in [-0.25, -0.2) is 8.42 Å². The van der Waals surface area contributed by atoms with Crippen molar-refractivity contribution < 1.29 is 22.7 Å². The molecule has 2 amide bonds. The van der Waals surface area contributed by atoms with Crippen LogP contribution in [0.4, 0.5) is 11.4 Å². The van der Waals surface area contributed by atoms with Crippen LogP contribution in [0.1, 0.15) is 37.3 Å². The second kappa shape index (κ2) is 9.15. The van der Waals surface area contributed by atoms with E-state index in [0.717, 1.165) is 16.8 Å². The van der Waals surface area contributed by atoms with Gasteiger partial charge in [-0.3, -0.25) is 9.59 Å². The van der Waals surface area contributed by atoms with Crippen LogP contribution >= 0.6 is 0 Å². The Labute approximate surface area is 194 Å². The molecular formula is C24H29N3O5S. The van der Waals surface area contributed by atoms with E-state index in [4.69, 9.17) is 4.74 Å². The molecule has 0 aliphatic carbocycles. The summed E-state index contributed by atoms with van der Waals surface area (Å²) in [4.78, 5) is 24.9. The van der Waals surface area contributed by atoms with Crippen molar-refractivity contribution in [2.75, 3.05) is 23.7 Å². The van der Waals surface area contributed by atoms with Gasteiger partial charge in [-0.2, -0.15) is 4.31 Å². The molecule has 8 nitrogen and oxygen atoms in total. The first kappa shape index (κ1) is 23.3. The molecule has 0 radical (unpaired) electrons. The number of nitrogens with zero attached hydrogens (tertiary/aromatic N) is 1. The van der Waals surface area contributed by atoms with E-state index in [0.29, 0.717) is 30.7 Å². The summed E-state index contributed by atoms with van der Waals surface area (Å²) in [7, 11) is -3.76. The van der Waals surface area contributed by atoms with E-state index in [1.807, 2.05) is 39.0 Å². The molecule has 0 saturated carbocycles. The van der Waals surface area contributed by atoms with Crippen LogP contribution in [0.5, 0.6) is 5.75 Å². The Balaban J connectivity index is 1.41. The second-order valence-electron chi connectivity index (χ2n) is 8.63.